The maximum Gasteiger partial charge on any atom is 0.0742 e. The molecule has 1 aromatic rings. The second-order valence-corrected chi connectivity index (χ2v) is 4.40. The van der Waals surface area contributed by atoms with E-state index in [2.05, 4.69) is 41.4 Å². The molecule has 86 valence electrons. The fourth-order valence-corrected chi connectivity index (χ4v) is 2.38. The predicted molar refractivity (Wildman–Crippen MR) is 64.8 cm³/mol. The van der Waals surface area contributed by atoms with Crippen LogP contribution in [0, 0.1) is 0 Å². The Balaban J connectivity index is 2.00. The highest BCUT2D eigenvalue weighted by atomic mass is 16.4. The van der Waals surface area contributed by atoms with Crippen molar-refractivity contribution >= 4 is 5.71 Å². The SMILES string of the molecule is CN(Cc1ccccc1)C1CCC/C1=N/O. The number of rotatable bonds is 3. The van der Waals surface area contributed by atoms with Crippen LogP contribution in [0.2, 0.25) is 0 Å². The predicted octanol–water partition coefficient (Wildman–Crippen LogP) is 2.50. The van der Waals surface area contributed by atoms with Crippen LogP contribution in [0.1, 0.15) is 24.8 Å². The zero-order chi connectivity index (χ0) is 11.4. The van der Waals surface area contributed by atoms with Gasteiger partial charge in [0.25, 0.3) is 0 Å². The summed E-state index contributed by atoms with van der Waals surface area (Å²) in [6.45, 7) is 0.907. The van der Waals surface area contributed by atoms with Gasteiger partial charge in [0.15, 0.2) is 0 Å². The van der Waals surface area contributed by atoms with Crippen molar-refractivity contribution in [3.63, 3.8) is 0 Å². The third kappa shape index (κ3) is 2.42. The van der Waals surface area contributed by atoms with E-state index in [1.54, 1.807) is 0 Å². The molecule has 3 nitrogen and oxygen atoms in total. The van der Waals surface area contributed by atoms with Crippen molar-refractivity contribution in [2.45, 2.75) is 31.8 Å². The molecule has 2 rings (SSSR count). The third-order valence-corrected chi connectivity index (χ3v) is 3.23. The number of hydrogen-bond donors (Lipinski definition) is 1. The topological polar surface area (TPSA) is 35.8 Å². The normalized spacial score (nSPS) is 23.1. The summed E-state index contributed by atoms with van der Waals surface area (Å²) in [5.41, 5.74) is 2.23. The molecule has 3 heteroatoms. The Morgan fingerprint density at radius 1 is 1.38 bits per heavy atom. The molecule has 0 amide bonds. The van der Waals surface area contributed by atoms with Gasteiger partial charge in [0, 0.05) is 6.54 Å². The van der Waals surface area contributed by atoms with E-state index in [0.717, 1.165) is 31.5 Å². The lowest BCUT2D eigenvalue weighted by Gasteiger charge is -2.24. The Labute approximate surface area is 96.4 Å². The lowest BCUT2D eigenvalue weighted by molar-refractivity contribution is 0.271. The minimum Gasteiger partial charge on any atom is -0.411 e. The first-order chi connectivity index (χ1) is 7.81. The van der Waals surface area contributed by atoms with E-state index in [9.17, 15) is 0 Å². The monoisotopic (exact) mass is 218 g/mol. The van der Waals surface area contributed by atoms with Gasteiger partial charge in [0.05, 0.1) is 11.8 Å². The van der Waals surface area contributed by atoms with Crippen molar-refractivity contribution < 1.29 is 5.21 Å². The standard InChI is InChI=1S/C13H18N2O/c1-15(10-11-6-3-2-4-7-11)13-9-5-8-12(13)14-16/h2-4,6-7,13,16H,5,8-10H2,1H3/b14-12-. The summed E-state index contributed by atoms with van der Waals surface area (Å²) in [5.74, 6) is 0. The van der Waals surface area contributed by atoms with Crippen LogP contribution in [0.3, 0.4) is 0 Å². The zero-order valence-corrected chi connectivity index (χ0v) is 9.63. The number of benzene rings is 1. The Kier molecular flexibility index (Phi) is 3.57. The maximum absolute atomic E-state index is 8.91. The van der Waals surface area contributed by atoms with Gasteiger partial charge in [-0.1, -0.05) is 35.5 Å². The second kappa shape index (κ2) is 5.12. The summed E-state index contributed by atoms with van der Waals surface area (Å²) in [6.07, 6.45) is 3.16. The summed E-state index contributed by atoms with van der Waals surface area (Å²) in [5, 5.41) is 12.3. The fraction of sp³-hybridized carbons (Fsp3) is 0.462. The Bertz CT molecular complexity index is 361. The highest BCUT2D eigenvalue weighted by molar-refractivity contribution is 5.90. The van der Waals surface area contributed by atoms with Gasteiger partial charge in [-0.3, -0.25) is 4.90 Å². The zero-order valence-electron chi connectivity index (χ0n) is 9.63. The molecule has 0 radical (unpaired) electrons. The Hall–Kier alpha value is -1.35. The first-order valence-electron chi connectivity index (χ1n) is 5.76. The van der Waals surface area contributed by atoms with Crippen LogP contribution in [-0.4, -0.2) is 28.9 Å². The van der Waals surface area contributed by atoms with Gasteiger partial charge in [-0.15, -0.1) is 0 Å². The molecular formula is C13H18N2O. The lowest BCUT2D eigenvalue weighted by Crippen LogP contribution is -2.34. The fourth-order valence-electron chi connectivity index (χ4n) is 2.38. The van der Waals surface area contributed by atoms with Gasteiger partial charge < -0.3 is 5.21 Å². The highest BCUT2D eigenvalue weighted by Gasteiger charge is 2.26. The highest BCUT2D eigenvalue weighted by Crippen LogP contribution is 2.21. The minimum absolute atomic E-state index is 0.310. The van der Waals surface area contributed by atoms with Gasteiger partial charge in [-0.25, -0.2) is 0 Å². The number of nitrogens with zero attached hydrogens (tertiary/aromatic N) is 2. The molecule has 1 aliphatic carbocycles. The molecule has 0 bridgehead atoms. The molecule has 1 aromatic carbocycles. The smallest absolute Gasteiger partial charge is 0.0742 e. The van der Waals surface area contributed by atoms with Crippen LogP contribution in [-0.2, 0) is 6.54 Å². The van der Waals surface area contributed by atoms with Crippen molar-refractivity contribution in [3.05, 3.63) is 35.9 Å². The quantitative estimate of drug-likeness (QED) is 0.625. The molecule has 1 atom stereocenters. The van der Waals surface area contributed by atoms with E-state index in [1.165, 1.54) is 5.56 Å². The van der Waals surface area contributed by atoms with Crippen LogP contribution in [0.5, 0.6) is 0 Å². The summed E-state index contributed by atoms with van der Waals surface area (Å²) >= 11 is 0. The third-order valence-electron chi connectivity index (χ3n) is 3.23. The molecule has 0 aromatic heterocycles. The number of hydrogen-bond acceptors (Lipinski definition) is 3. The van der Waals surface area contributed by atoms with Crippen molar-refractivity contribution in [2.24, 2.45) is 5.16 Å². The van der Waals surface area contributed by atoms with Crippen LogP contribution in [0.15, 0.2) is 35.5 Å². The summed E-state index contributed by atoms with van der Waals surface area (Å²) in [6, 6.07) is 10.7. The van der Waals surface area contributed by atoms with E-state index >= 15 is 0 Å². The molecule has 0 saturated heterocycles. The molecule has 0 spiro atoms. The van der Waals surface area contributed by atoms with Crippen LogP contribution in [0.25, 0.3) is 0 Å². The second-order valence-electron chi connectivity index (χ2n) is 4.40. The molecule has 1 saturated carbocycles. The van der Waals surface area contributed by atoms with Crippen LogP contribution >= 0.6 is 0 Å². The first kappa shape index (κ1) is 11.1. The van der Waals surface area contributed by atoms with E-state index in [1.807, 2.05) is 6.07 Å². The average molecular weight is 218 g/mol. The van der Waals surface area contributed by atoms with Crippen LogP contribution in [0.4, 0.5) is 0 Å². The maximum atomic E-state index is 8.91. The average Bonchev–Trinajstić information content (AvgIpc) is 2.78. The molecule has 1 unspecified atom stereocenters. The van der Waals surface area contributed by atoms with Gasteiger partial charge in [-0.05, 0) is 31.9 Å². The van der Waals surface area contributed by atoms with Gasteiger partial charge in [0.2, 0.25) is 0 Å². The van der Waals surface area contributed by atoms with E-state index < -0.39 is 0 Å². The molecular weight excluding hydrogens is 200 g/mol. The van der Waals surface area contributed by atoms with Crippen LogP contribution < -0.4 is 0 Å². The molecule has 1 aliphatic rings. The summed E-state index contributed by atoms with van der Waals surface area (Å²) < 4.78 is 0. The summed E-state index contributed by atoms with van der Waals surface area (Å²) in [7, 11) is 2.09. The van der Waals surface area contributed by atoms with E-state index in [0.29, 0.717) is 6.04 Å². The van der Waals surface area contributed by atoms with E-state index in [4.69, 9.17) is 5.21 Å². The van der Waals surface area contributed by atoms with Gasteiger partial charge >= 0.3 is 0 Å². The summed E-state index contributed by atoms with van der Waals surface area (Å²) in [4.78, 5) is 2.26. The molecule has 0 aliphatic heterocycles. The Morgan fingerprint density at radius 3 is 2.81 bits per heavy atom. The van der Waals surface area contributed by atoms with Gasteiger partial charge in [0.1, 0.15) is 0 Å². The largest absolute Gasteiger partial charge is 0.411 e. The van der Waals surface area contributed by atoms with Crippen molar-refractivity contribution in [1.29, 1.82) is 0 Å². The molecule has 1 fully saturated rings. The van der Waals surface area contributed by atoms with Crippen molar-refractivity contribution in [3.8, 4) is 0 Å². The van der Waals surface area contributed by atoms with Gasteiger partial charge in [-0.2, -0.15) is 0 Å². The van der Waals surface area contributed by atoms with Crippen molar-refractivity contribution in [1.82, 2.24) is 4.90 Å². The molecule has 1 N–H and O–H groups in total. The Morgan fingerprint density at radius 2 is 2.12 bits per heavy atom. The number of oxime groups is 1. The lowest BCUT2D eigenvalue weighted by atomic mass is 10.1. The minimum atomic E-state index is 0.310. The van der Waals surface area contributed by atoms with Crippen molar-refractivity contribution in [2.75, 3.05) is 7.05 Å². The van der Waals surface area contributed by atoms with E-state index in [-0.39, 0.29) is 0 Å². The molecule has 0 heterocycles. The molecule has 16 heavy (non-hydrogen) atoms. The first-order valence-corrected chi connectivity index (χ1v) is 5.76.